The van der Waals surface area contributed by atoms with Crippen molar-refractivity contribution in [3.8, 4) is 23.0 Å². The third-order valence-electron chi connectivity index (χ3n) is 5.50. The Morgan fingerprint density at radius 1 is 1.15 bits per heavy atom. The van der Waals surface area contributed by atoms with Crippen molar-refractivity contribution in [2.45, 2.75) is 26.3 Å². The molecule has 0 fully saturated rings. The van der Waals surface area contributed by atoms with Crippen LogP contribution in [0.3, 0.4) is 0 Å². The summed E-state index contributed by atoms with van der Waals surface area (Å²) in [6.07, 6.45) is 2.22. The summed E-state index contributed by atoms with van der Waals surface area (Å²) in [5.74, 6) is -0.123. The van der Waals surface area contributed by atoms with Crippen molar-refractivity contribution in [1.29, 1.82) is 0 Å². The van der Waals surface area contributed by atoms with E-state index in [-0.39, 0.29) is 30.9 Å². The summed E-state index contributed by atoms with van der Waals surface area (Å²) in [6.45, 7) is 3.40. The molecule has 1 amide bonds. The van der Waals surface area contributed by atoms with Gasteiger partial charge in [-0.2, -0.15) is 0 Å². The number of amides is 1. The van der Waals surface area contributed by atoms with E-state index in [1.54, 1.807) is 43.3 Å². The Bertz CT molecular complexity index is 1140. The van der Waals surface area contributed by atoms with Crippen LogP contribution in [0.5, 0.6) is 23.0 Å². The Morgan fingerprint density at radius 2 is 1.94 bits per heavy atom. The number of fused-ring (bicyclic) bond motifs is 2. The number of ether oxygens (including phenoxy) is 4. The Balaban J connectivity index is 1.41. The first kappa shape index (κ1) is 22.2. The van der Waals surface area contributed by atoms with Crippen molar-refractivity contribution in [3.63, 3.8) is 0 Å². The molecule has 0 bridgehead atoms. The smallest absolute Gasteiger partial charge is 0.326 e. The summed E-state index contributed by atoms with van der Waals surface area (Å²) < 4.78 is 21.8. The number of carbonyl (C=O) groups excluding carboxylic acids is 2. The minimum atomic E-state index is -1.09. The van der Waals surface area contributed by atoms with Gasteiger partial charge in [-0.3, -0.25) is 9.59 Å². The first-order valence-electron chi connectivity index (χ1n) is 10.5. The summed E-state index contributed by atoms with van der Waals surface area (Å²) in [6, 6.07) is 8.95. The molecule has 172 valence electrons. The second kappa shape index (κ2) is 9.23. The van der Waals surface area contributed by atoms with E-state index in [4.69, 9.17) is 18.9 Å². The monoisotopic (exact) mass is 453 g/mol. The number of benzene rings is 2. The Labute approximate surface area is 189 Å². The lowest BCUT2D eigenvalue weighted by Crippen LogP contribution is -2.46. The van der Waals surface area contributed by atoms with E-state index in [0.29, 0.717) is 35.0 Å². The van der Waals surface area contributed by atoms with Crippen LogP contribution in [0.1, 0.15) is 36.2 Å². The SMILES string of the molecule is CC[C@@H](C)[C@H](NC(=O)COc1ccc2c(c1)OC(=Cc1ccc3c(c1)OCO3)C2=O)C(=O)O. The van der Waals surface area contributed by atoms with Gasteiger partial charge in [-0.1, -0.05) is 26.3 Å². The van der Waals surface area contributed by atoms with Crippen LogP contribution in [0.2, 0.25) is 0 Å². The minimum Gasteiger partial charge on any atom is -0.484 e. The highest BCUT2D eigenvalue weighted by atomic mass is 16.7. The Kier molecular flexibility index (Phi) is 6.21. The number of carbonyl (C=O) groups is 3. The van der Waals surface area contributed by atoms with Gasteiger partial charge < -0.3 is 29.4 Å². The second-order valence-electron chi connectivity index (χ2n) is 7.77. The van der Waals surface area contributed by atoms with Gasteiger partial charge >= 0.3 is 5.97 Å². The molecule has 2 aliphatic rings. The largest absolute Gasteiger partial charge is 0.484 e. The van der Waals surface area contributed by atoms with Crippen molar-refractivity contribution in [3.05, 3.63) is 53.3 Å². The number of Topliss-reactive ketones (excluding diaryl/α,β-unsaturated/α-hetero) is 1. The van der Waals surface area contributed by atoms with Crippen LogP contribution in [-0.2, 0) is 9.59 Å². The van der Waals surface area contributed by atoms with Gasteiger partial charge in [0.25, 0.3) is 5.91 Å². The molecule has 0 unspecified atom stereocenters. The van der Waals surface area contributed by atoms with E-state index >= 15 is 0 Å². The molecule has 2 aromatic rings. The number of allylic oxidation sites excluding steroid dienone is 1. The fourth-order valence-electron chi connectivity index (χ4n) is 3.46. The van der Waals surface area contributed by atoms with E-state index in [1.165, 1.54) is 6.07 Å². The van der Waals surface area contributed by atoms with Crippen LogP contribution >= 0.6 is 0 Å². The zero-order chi connectivity index (χ0) is 23.5. The van der Waals surface area contributed by atoms with Gasteiger partial charge in [0.05, 0.1) is 5.56 Å². The standard InChI is InChI=1S/C24H23NO8/c1-3-13(2)22(24(28)29)25-21(26)11-30-15-5-6-16-18(10-15)33-20(23(16)27)9-14-4-7-17-19(8-14)32-12-31-17/h4-10,13,22H,3,11-12H2,1-2H3,(H,25,26)(H,28,29)/t13-,22+/m1/s1. The number of carboxylic acids is 1. The summed E-state index contributed by atoms with van der Waals surface area (Å²) in [4.78, 5) is 36.2. The van der Waals surface area contributed by atoms with Crippen LogP contribution in [0.25, 0.3) is 6.08 Å². The maximum Gasteiger partial charge on any atom is 0.326 e. The van der Waals surface area contributed by atoms with Gasteiger partial charge in [0, 0.05) is 6.07 Å². The summed E-state index contributed by atoms with van der Waals surface area (Å²) >= 11 is 0. The molecule has 2 aliphatic heterocycles. The maximum absolute atomic E-state index is 12.7. The number of ketones is 1. The topological polar surface area (TPSA) is 120 Å². The van der Waals surface area contributed by atoms with Crippen LogP contribution in [0.15, 0.2) is 42.2 Å². The van der Waals surface area contributed by atoms with Crippen molar-refractivity contribution >= 4 is 23.7 Å². The van der Waals surface area contributed by atoms with Gasteiger partial charge in [0.2, 0.25) is 12.6 Å². The fraction of sp³-hybridized carbons (Fsp3) is 0.292. The summed E-state index contributed by atoms with van der Waals surface area (Å²) in [5, 5.41) is 11.8. The first-order valence-corrected chi connectivity index (χ1v) is 10.5. The molecule has 9 nitrogen and oxygen atoms in total. The molecule has 0 saturated carbocycles. The minimum absolute atomic E-state index is 0.150. The summed E-state index contributed by atoms with van der Waals surface area (Å²) in [5.41, 5.74) is 1.10. The normalized spacial score (nSPS) is 16.7. The number of aliphatic carboxylic acids is 1. The molecule has 0 aromatic heterocycles. The molecule has 0 aliphatic carbocycles. The van der Waals surface area contributed by atoms with Crippen molar-refractivity contribution in [2.24, 2.45) is 5.92 Å². The quantitative estimate of drug-likeness (QED) is 0.585. The highest BCUT2D eigenvalue weighted by Gasteiger charge is 2.29. The highest BCUT2D eigenvalue weighted by molar-refractivity contribution is 6.14. The van der Waals surface area contributed by atoms with E-state index < -0.39 is 17.9 Å². The average molecular weight is 453 g/mol. The van der Waals surface area contributed by atoms with Gasteiger partial charge in [0.1, 0.15) is 17.5 Å². The number of hydrogen-bond acceptors (Lipinski definition) is 7. The van der Waals surface area contributed by atoms with Crippen LogP contribution < -0.4 is 24.3 Å². The zero-order valence-electron chi connectivity index (χ0n) is 18.1. The number of rotatable bonds is 8. The molecule has 2 aromatic carbocycles. The van der Waals surface area contributed by atoms with Crippen molar-refractivity contribution < 1.29 is 38.4 Å². The van der Waals surface area contributed by atoms with Crippen LogP contribution in [0.4, 0.5) is 0 Å². The van der Waals surface area contributed by atoms with E-state index in [0.717, 1.165) is 5.56 Å². The molecule has 4 rings (SSSR count). The molecule has 2 N–H and O–H groups in total. The molecular weight excluding hydrogens is 430 g/mol. The van der Waals surface area contributed by atoms with Crippen molar-refractivity contribution in [1.82, 2.24) is 5.32 Å². The Morgan fingerprint density at radius 3 is 2.70 bits per heavy atom. The lowest BCUT2D eigenvalue weighted by molar-refractivity contribution is -0.143. The van der Waals surface area contributed by atoms with Crippen LogP contribution in [0, 0.1) is 5.92 Å². The predicted molar refractivity (Wildman–Crippen MR) is 116 cm³/mol. The number of nitrogens with one attached hydrogen (secondary N) is 1. The van der Waals surface area contributed by atoms with E-state index in [2.05, 4.69) is 5.32 Å². The van der Waals surface area contributed by atoms with Gasteiger partial charge in [-0.15, -0.1) is 0 Å². The third-order valence-corrected chi connectivity index (χ3v) is 5.50. The van der Waals surface area contributed by atoms with Crippen LogP contribution in [-0.4, -0.2) is 42.2 Å². The molecule has 0 radical (unpaired) electrons. The van der Waals surface area contributed by atoms with Crippen molar-refractivity contribution in [2.75, 3.05) is 13.4 Å². The molecule has 2 heterocycles. The first-order chi connectivity index (χ1) is 15.9. The second-order valence-corrected chi connectivity index (χ2v) is 7.77. The van der Waals surface area contributed by atoms with E-state index in [1.807, 2.05) is 6.92 Å². The Hall–Kier alpha value is -4.01. The fourth-order valence-corrected chi connectivity index (χ4v) is 3.46. The van der Waals surface area contributed by atoms with E-state index in [9.17, 15) is 19.5 Å². The lowest BCUT2D eigenvalue weighted by atomic mass is 9.99. The zero-order valence-corrected chi connectivity index (χ0v) is 18.1. The molecule has 9 heteroatoms. The molecule has 0 spiro atoms. The molecular formula is C24H23NO8. The third kappa shape index (κ3) is 4.77. The highest BCUT2D eigenvalue weighted by Crippen LogP contribution is 2.37. The predicted octanol–water partition coefficient (Wildman–Crippen LogP) is 3.03. The number of hydrogen-bond donors (Lipinski definition) is 2. The van der Waals surface area contributed by atoms with Gasteiger partial charge in [-0.25, -0.2) is 4.79 Å². The van der Waals surface area contributed by atoms with Gasteiger partial charge in [-0.05, 0) is 41.8 Å². The lowest BCUT2D eigenvalue weighted by Gasteiger charge is -2.20. The number of carboxylic acid groups (broad SMARTS) is 1. The summed E-state index contributed by atoms with van der Waals surface area (Å²) in [7, 11) is 0. The average Bonchev–Trinajstić information content (AvgIpc) is 3.39. The molecule has 2 atom stereocenters. The molecule has 33 heavy (non-hydrogen) atoms. The van der Waals surface area contributed by atoms with Gasteiger partial charge in [0.15, 0.2) is 23.9 Å². The molecule has 0 saturated heterocycles. The maximum atomic E-state index is 12.7.